The molecule has 0 N–H and O–H groups in total. The second kappa shape index (κ2) is 6.25. The van der Waals surface area contributed by atoms with Gasteiger partial charge in [0.1, 0.15) is 5.76 Å². The molecule has 120 valence electrons. The van der Waals surface area contributed by atoms with Gasteiger partial charge in [-0.25, -0.2) is 0 Å². The fraction of sp³-hybridized carbons (Fsp3) is 0.105. The average molecular weight is 327 g/mol. The highest BCUT2D eigenvalue weighted by atomic mass is 19.4. The number of hydrogen-bond donors (Lipinski definition) is 0. The van der Waals surface area contributed by atoms with Crippen LogP contribution in [0.1, 0.15) is 22.5 Å². The topological polar surface area (TPSA) is 36.9 Å². The van der Waals surface area contributed by atoms with Crippen LogP contribution in [0, 0.1) is 11.3 Å². The first-order valence-electron chi connectivity index (χ1n) is 7.22. The fourth-order valence-corrected chi connectivity index (χ4v) is 2.46. The van der Waals surface area contributed by atoms with Crippen LogP contribution in [0.2, 0.25) is 0 Å². The van der Waals surface area contributed by atoms with E-state index in [4.69, 9.17) is 9.68 Å². The largest absolute Gasteiger partial charge is 0.451 e. The highest BCUT2D eigenvalue weighted by molar-refractivity contribution is 5.59. The zero-order valence-electron chi connectivity index (χ0n) is 12.5. The van der Waals surface area contributed by atoms with E-state index in [9.17, 15) is 13.2 Å². The fourth-order valence-electron chi connectivity index (χ4n) is 2.46. The zero-order valence-corrected chi connectivity index (χ0v) is 12.5. The molecule has 0 aliphatic carbocycles. The van der Waals surface area contributed by atoms with Crippen molar-refractivity contribution in [2.45, 2.75) is 12.6 Å². The summed E-state index contributed by atoms with van der Waals surface area (Å²) >= 11 is 0. The number of halogens is 3. The van der Waals surface area contributed by atoms with E-state index in [1.54, 1.807) is 54.6 Å². The van der Waals surface area contributed by atoms with Crippen molar-refractivity contribution in [2.75, 3.05) is 0 Å². The zero-order chi connectivity index (χ0) is 17.2. The van der Waals surface area contributed by atoms with Crippen molar-refractivity contribution < 1.29 is 17.6 Å². The molecule has 0 atom stereocenters. The summed E-state index contributed by atoms with van der Waals surface area (Å²) in [6.45, 7) is 0. The molecule has 0 spiro atoms. The maximum absolute atomic E-state index is 13.3. The van der Waals surface area contributed by atoms with E-state index in [-0.39, 0.29) is 17.7 Å². The summed E-state index contributed by atoms with van der Waals surface area (Å²) in [5.74, 6) is -0.794. The molecule has 0 unspecified atom stereocenters. The first-order valence-corrected chi connectivity index (χ1v) is 7.22. The Hall–Kier alpha value is -3.00. The molecule has 0 bridgehead atoms. The molecule has 2 aromatic carbocycles. The number of nitrogens with zero attached hydrogens (tertiary/aromatic N) is 1. The molecule has 3 aromatic rings. The predicted octanol–water partition coefficient (Wildman–Crippen LogP) is 5.43. The van der Waals surface area contributed by atoms with Crippen molar-refractivity contribution in [2.24, 2.45) is 0 Å². The van der Waals surface area contributed by atoms with Gasteiger partial charge in [0.25, 0.3) is 0 Å². The van der Waals surface area contributed by atoms with Gasteiger partial charge in [0.2, 0.25) is 5.76 Å². The SMILES string of the molecule is N#Cc1ccc(Cc2cc(-c3ccccc3)oc2C(F)(F)F)cc1. The van der Waals surface area contributed by atoms with Gasteiger partial charge in [0.15, 0.2) is 0 Å². The van der Waals surface area contributed by atoms with E-state index in [1.807, 2.05) is 6.07 Å². The lowest BCUT2D eigenvalue weighted by atomic mass is 10.0. The Labute approximate surface area is 136 Å². The summed E-state index contributed by atoms with van der Waals surface area (Å²) in [6.07, 6.45) is -4.48. The van der Waals surface area contributed by atoms with Crippen LogP contribution >= 0.6 is 0 Å². The van der Waals surface area contributed by atoms with Crippen molar-refractivity contribution in [1.29, 1.82) is 5.26 Å². The van der Waals surface area contributed by atoms with Crippen molar-refractivity contribution >= 4 is 0 Å². The van der Waals surface area contributed by atoms with Crippen LogP contribution in [0.5, 0.6) is 0 Å². The Balaban J connectivity index is 1.99. The molecule has 0 radical (unpaired) electrons. The molecule has 0 saturated heterocycles. The lowest BCUT2D eigenvalue weighted by molar-refractivity contribution is -0.153. The number of hydrogen-bond acceptors (Lipinski definition) is 2. The number of benzene rings is 2. The standard InChI is InChI=1S/C19H12F3NO/c20-19(21,22)18-16(10-13-6-8-14(12-23)9-7-13)11-17(24-18)15-4-2-1-3-5-15/h1-9,11H,10H2. The molecule has 0 fully saturated rings. The van der Waals surface area contributed by atoms with Gasteiger partial charge in [-0.1, -0.05) is 42.5 Å². The molecule has 0 aliphatic heterocycles. The first-order chi connectivity index (χ1) is 11.5. The number of furan rings is 1. The highest BCUT2D eigenvalue weighted by Crippen LogP contribution is 2.38. The molecule has 2 nitrogen and oxygen atoms in total. The second-order valence-corrected chi connectivity index (χ2v) is 5.31. The predicted molar refractivity (Wildman–Crippen MR) is 83.1 cm³/mol. The highest BCUT2D eigenvalue weighted by Gasteiger charge is 2.38. The van der Waals surface area contributed by atoms with E-state index >= 15 is 0 Å². The molecule has 1 heterocycles. The van der Waals surface area contributed by atoms with Crippen molar-refractivity contribution in [3.05, 3.63) is 83.1 Å². The average Bonchev–Trinajstić information content (AvgIpc) is 3.00. The summed E-state index contributed by atoms with van der Waals surface area (Å²) in [5, 5.41) is 8.78. The second-order valence-electron chi connectivity index (χ2n) is 5.31. The lowest BCUT2D eigenvalue weighted by Gasteiger charge is -2.06. The van der Waals surface area contributed by atoms with Crippen LogP contribution in [-0.4, -0.2) is 0 Å². The van der Waals surface area contributed by atoms with Crippen molar-refractivity contribution in [3.63, 3.8) is 0 Å². The summed E-state index contributed by atoms with van der Waals surface area (Å²) in [5.41, 5.74) is 1.81. The third-order valence-electron chi connectivity index (χ3n) is 3.60. The van der Waals surface area contributed by atoms with Crippen LogP contribution in [0.4, 0.5) is 13.2 Å². The summed E-state index contributed by atoms with van der Waals surface area (Å²) in [6, 6.07) is 18.5. The number of alkyl halides is 3. The summed E-state index contributed by atoms with van der Waals surface area (Å²) in [4.78, 5) is 0. The monoisotopic (exact) mass is 327 g/mol. The van der Waals surface area contributed by atoms with Crippen molar-refractivity contribution in [1.82, 2.24) is 0 Å². The molecule has 0 amide bonds. The van der Waals surface area contributed by atoms with Gasteiger partial charge in [-0.2, -0.15) is 18.4 Å². The lowest BCUT2D eigenvalue weighted by Crippen LogP contribution is -2.06. The minimum atomic E-state index is -4.56. The van der Waals surface area contributed by atoms with E-state index < -0.39 is 11.9 Å². The third kappa shape index (κ3) is 3.33. The van der Waals surface area contributed by atoms with Gasteiger partial charge in [-0.05, 0) is 23.8 Å². The molecule has 3 rings (SSSR count). The van der Waals surface area contributed by atoms with E-state index in [0.717, 1.165) is 0 Å². The number of rotatable bonds is 3. The van der Waals surface area contributed by atoms with Gasteiger partial charge in [0, 0.05) is 17.5 Å². The summed E-state index contributed by atoms with van der Waals surface area (Å²) in [7, 11) is 0. The smallest absolute Gasteiger partial charge is 0.449 e. The summed E-state index contributed by atoms with van der Waals surface area (Å²) < 4.78 is 44.9. The molecule has 0 aliphatic rings. The van der Waals surface area contributed by atoms with Gasteiger partial charge in [0.05, 0.1) is 11.6 Å². The molecule has 24 heavy (non-hydrogen) atoms. The minimum Gasteiger partial charge on any atom is -0.451 e. The van der Waals surface area contributed by atoms with Gasteiger partial charge in [-0.15, -0.1) is 0 Å². The molecular weight excluding hydrogens is 315 g/mol. The third-order valence-corrected chi connectivity index (χ3v) is 3.60. The molecular formula is C19H12F3NO. The van der Waals surface area contributed by atoms with E-state index in [1.165, 1.54) is 6.07 Å². The van der Waals surface area contributed by atoms with E-state index in [2.05, 4.69) is 0 Å². The Morgan fingerprint density at radius 2 is 1.62 bits per heavy atom. The van der Waals surface area contributed by atoms with Crippen LogP contribution in [0.25, 0.3) is 11.3 Å². The normalized spacial score (nSPS) is 11.2. The van der Waals surface area contributed by atoms with Crippen molar-refractivity contribution in [3.8, 4) is 17.4 Å². The van der Waals surface area contributed by atoms with Crippen LogP contribution < -0.4 is 0 Å². The van der Waals surface area contributed by atoms with Crippen LogP contribution in [0.3, 0.4) is 0 Å². The maximum atomic E-state index is 13.3. The molecule has 1 aromatic heterocycles. The quantitative estimate of drug-likeness (QED) is 0.643. The number of nitriles is 1. The first kappa shape index (κ1) is 15.9. The Morgan fingerprint density at radius 3 is 2.21 bits per heavy atom. The Morgan fingerprint density at radius 1 is 0.958 bits per heavy atom. The van der Waals surface area contributed by atoms with Crippen LogP contribution in [0.15, 0.2) is 65.1 Å². The minimum absolute atomic E-state index is 0.0751. The van der Waals surface area contributed by atoms with E-state index in [0.29, 0.717) is 16.7 Å². The maximum Gasteiger partial charge on any atom is 0.449 e. The van der Waals surface area contributed by atoms with Crippen LogP contribution in [-0.2, 0) is 12.6 Å². The molecule has 5 heteroatoms. The Kier molecular flexibility index (Phi) is 4.13. The Bertz CT molecular complexity index is 872. The van der Waals surface area contributed by atoms with Gasteiger partial charge in [-0.3, -0.25) is 0 Å². The van der Waals surface area contributed by atoms with Gasteiger partial charge >= 0.3 is 6.18 Å². The van der Waals surface area contributed by atoms with Gasteiger partial charge < -0.3 is 4.42 Å². The molecule has 0 saturated carbocycles.